The van der Waals surface area contributed by atoms with E-state index in [4.69, 9.17) is 4.74 Å². The van der Waals surface area contributed by atoms with Crippen molar-refractivity contribution in [2.45, 2.75) is 50.6 Å². The Balaban J connectivity index is 1.51. The van der Waals surface area contributed by atoms with Crippen LogP contribution in [-0.2, 0) is 11.3 Å². The van der Waals surface area contributed by atoms with Crippen LogP contribution in [0.3, 0.4) is 0 Å². The first-order chi connectivity index (χ1) is 14.6. The summed E-state index contributed by atoms with van der Waals surface area (Å²) < 4.78 is 20.8. The molecule has 1 unspecified atom stereocenters. The summed E-state index contributed by atoms with van der Waals surface area (Å²) in [4.78, 5) is 17.0. The molecule has 0 bridgehead atoms. The van der Waals surface area contributed by atoms with Crippen LogP contribution in [0, 0.1) is 11.7 Å². The molecule has 0 radical (unpaired) electrons. The Bertz CT molecular complexity index is 1070. The van der Waals surface area contributed by atoms with E-state index in [9.17, 15) is 9.18 Å². The number of rotatable bonds is 8. The van der Waals surface area contributed by atoms with Crippen molar-refractivity contribution in [1.82, 2.24) is 14.9 Å². The zero-order valence-corrected chi connectivity index (χ0v) is 17.1. The van der Waals surface area contributed by atoms with E-state index in [-0.39, 0.29) is 17.6 Å². The van der Waals surface area contributed by atoms with Gasteiger partial charge in [-0.05, 0) is 60.8 Å². The Morgan fingerprint density at radius 3 is 2.70 bits per heavy atom. The Labute approximate surface area is 175 Å². The number of carbonyl (C=O) groups excluding carboxylic acids is 1. The molecule has 2 aliphatic carbocycles. The Morgan fingerprint density at radius 1 is 1.27 bits per heavy atom. The van der Waals surface area contributed by atoms with Crippen LogP contribution in [0.25, 0.3) is 10.9 Å². The average molecular weight is 407 g/mol. The lowest BCUT2D eigenvalue weighted by Gasteiger charge is -2.16. The lowest BCUT2D eigenvalue weighted by atomic mass is 9.90. The van der Waals surface area contributed by atoms with Gasteiger partial charge in [0.15, 0.2) is 0 Å². The fourth-order valence-corrected chi connectivity index (χ4v) is 4.26. The van der Waals surface area contributed by atoms with Crippen LogP contribution in [0.4, 0.5) is 4.39 Å². The quantitative estimate of drug-likeness (QED) is 0.602. The molecule has 30 heavy (non-hydrogen) atoms. The zero-order chi connectivity index (χ0) is 20.7. The first-order valence-electron chi connectivity index (χ1n) is 10.7. The normalized spacial score (nSPS) is 17.1. The average Bonchev–Trinajstić information content (AvgIpc) is 3.67. The van der Waals surface area contributed by atoms with Crippen LogP contribution in [-0.4, -0.2) is 28.6 Å². The Hall–Kier alpha value is -2.89. The largest absolute Gasteiger partial charge is 0.481 e. The van der Waals surface area contributed by atoms with E-state index in [1.54, 1.807) is 19.2 Å². The fraction of sp³-hybridized carbons (Fsp3) is 0.417. The van der Waals surface area contributed by atoms with E-state index in [1.165, 1.54) is 17.7 Å². The molecule has 2 aliphatic rings. The summed E-state index contributed by atoms with van der Waals surface area (Å²) >= 11 is 0. The lowest BCUT2D eigenvalue weighted by molar-refractivity contribution is -0.121. The first kappa shape index (κ1) is 19.1. The van der Waals surface area contributed by atoms with Crippen molar-refractivity contribution in [1.29, 1.82) is 0 Å². The van der Waals surface area contributed by atoms with E-state index in [0.29, 0.717) is 30.8 Å². The summed E-state index contributed by atoms with van der Waals surface area (Å²) in [6.07, 6.45) is 9.02. The number of nitrogens with one attached hydrogen (secondary N) is 1. The number of fused-ring (bicyclic) bond motifs is 1. The number of carbonyl (C=O) groups is 1. The van der Waals surface area contributed by atoms with Gasteiger partial charge in [0.2, 0.25) is 11.8 Å². The van der Waals surface area contributed by atoms with Gasteiger partial charge in [-0.2, -0.15) is 0 Å². The molecule has 0 saturated heterocycles. The summed E-state index contributed by atoms with van der Waals surface area (Å²) in [6.45, 7) is 0.621. The highest BCUT2D eigenvalue weighted by Gasteiger charge is 2.36. The second-order valence-electron chi connectivity index (χ2n) is 8.57. The number of hydrogen-bond acceptors (Lipinski definition) is 3. The van der Waals surface area contributed by atoms with E-state index >= 15 is 0 Å². The van der Waals surface area contributed by atoms with Crippen LogP contribution < -0.4 is 10.1 Å². The summed E-state index contributed by atoms with van der Waals surface area (Å²) in [7, 11) is 1.62. The molecule has 0 spiro atoms. The van der Waals surface area contributed by atoms with Gasteiger partial charge >= 0.3 is 0 Å². The van der Waals surface area contributed by atoms with Crippen molar-refractivity contribution in [2.24, 2.45) is 5.92 Å². The molecule has 2 fully saturated rings. The van der Waals surface area contributed by atoms with Gasteiger partial charge in [0.1, 0.15) is 5.82 Å². The maximum atomic E-state index is 13.3. The van der Waals surface area contributed by atoms with E-state index < -0.39 is 0 Å². The molecule has 0 aliphatic heterocycles. The van der Waals surface area contributed by atoms with Crippen LogP contribution in [0.15, 0.2) is 42.7 Å². The molecule has 3 aromatic rings. The van der Waals surface area contributed by atoms with Gasteiger partial charge < -0.3 is 14.6 Å². The van der Waals surface area contributed by atoms with Gasteiger partial charge in [0.25, 0.3) is 0 Å². The number of hydrogen-bond donors (Lipinski definition) is 1. The smallest absolute Gasteiger partial charge is 0.220 e. The predicted octanol–water partition coefficient (Wildman–Crippen LogP) is 4.39. The van der Waals surface area contributed by atoms with Crippen LogP contribution in [0.1, 0.15) is 49.1 Å². The molecule has 1 N–H and O–H groups in total. The molecule has 2 aromatic heterocycles. The number of halogens is 1. The molecule has 6 heteroatoms. The number of methoxy groups -OCH3 is 1. The minimum atomic E-state index is -0.237. The highest BCUT2D eigenvalue weighted by atomic mass is 19.1. The summed E-state index contributed by atoms with van der Waals surface area (Å²) in [5.74, 6) is 1.21. The number of ether oxygens (including phenoxy) is 1. The predicted molar refractivity (Wildman–Crippen MR) is 113 cm³/mol. The lowest BCUT2D eigenvalue weighted by Crippen LogP contribution is -2.27. The van der Waals surface area contributed by atoms with Crippen molar-refractivity contribution in [3.8, 4) is 5.88 Å². The SMILES string of the molecule is COc1cc2c(C(CC(=O)NC3CC3)C3CC3)cn(Cc3ccc(F)cc3)c2cn1. The van der Waals surface area contributed by atoms with Gasteiger partial charge in [-0.1, -0.05) is 12.1 Å². The molecule has 1 aromatic carbocycles. The maximum absolute atomic E-state index is 13.3. The van der Waals surface area contributed by atoms with Gasteiger partial charge in [-0.15, -0.1) is 0 Å². The van der Waals surface area contributed by atoms with Crippen LogP contribution in [0.5, 0.6) is 5.88 Å². The van der Waals surface area contributed by atoms with Crippen LogP contribution >= 0.6 is 0 Å². The number of nitrogens with zero attached hydrogens (tertiary/aromatic N) is 2. The number of aromatic nitrogens is 2. The monoisotopic (exact) mass is 407 g/mol. The molecular weight excluding hydrogens is 381 g/mol. The second kappa shape index (κ2) is 7.74. The Kier molecular flexibility index (Phi) is 4.93. The molecule has 1 amide bonds. The molecule has 5 nitrogen and oxygen atoms in total. The third-order valence-electron chi connectivity index (χ3n) is 6.19. The molecule has 1 atom stereocenters. The minimum absolute atomic E-state index is 0.148. The molecule has 156 valence electrons. The van der Waals surface area contributed by atoms with Crippen LogP contribution in [0.2, 0.25) is 0 Å². The summed E-state index contributed by atoms with van der Waals surface area (Å²) in [5.41, 5.74) is 3.20. The summed E-state index contributed by atoms with van der Waals surface area (Å²) in [5, 5.41) is 4.22. The number of amides is 1. The molecule has 2 saturated carbocycles. The maximum Gasteiger partial charge on any atom is 0.220 e. The number of benzene rings is 1. The van der Waals surface area contributed by atoms with E-state index in [2.05, 4.69) is 21.1 Å². The van der Waals surface area contributed by atoms with Gasteiger partial charge in [-0.3, -0.25) is 4.79 Å². The van der Waals surface area contributed by atoms with Gasteiger partial charge in [0.05, 0.1) is 18.8 Å². The van der Waals surface area contributed by atoms with Crippen molar-refractivity contribution in [2.75, 3.05) is 7.11 Å². The zero-order valence-electron chi connectivity index (χ0n) is 17.1. The minimum Gasteiger partial charge on any atom is -0.481 e. The van der Waals surface area contributed by atoms with E-state index in [0.717, 1.165) is 42.1 Å². The highest BCUT2D eigenvalue weighted by molar-refractivity contribution is 5.86. The highest BCUT2D eigenvalue weighted by Crippen LogP contribution is 2.47. The molecule has 5 rings (SSSR count). The third kappa shape index (κ3) is 4.04. The molecular formula is C24H26FN3O2. The van der Waals surface area contributed by atoms with Crippen molar-refractivity contribution >= 4 is 16.8 Å². The van der Waals surface area contributed by atoms with Gasteiger partial charge in [0, 0.05) is 36.7 Å². The third-order valence-corrected chi connectivity index (χ3v) is 6.19. The Morgan fingerprint density at radius 2 is 2.03 bits per heavy atom. The van der Waals surface area contributed by atoms with Gasteiger partial charge in [-0.25, -0.2) is 9.37 Å². The van der Waals surface area contributed by atoms with E-state index in [1.807, 2.05) is 12.3 Å². The molecule has 2 heterocycles. The first-order valence-corrected chi connectivity index (χ1v) is 10.7. The number of pyridine rings is 1. The topological polar surface area (TPSA) is 56.1 Å². The van der Waals surface area contributed by atoms with Crippen molar-refractivity contribution < 1.29 is 13.9 Å². The van der Waals surface area contributed by atoms with Crippen molar-refractivity contribution in [3.63, 3.8) is 0 Å². The standard InChI is InChI=1S/C24H26FN3O2/c1-30-24-11-20-21(19(16-4-5-16)10-23(29)27-18-8-9-18)14-28(22(20)12-26-24)13-15-2-6-17(25)7-3-15/h2-3,6-7,11-12,14,16,18-19H,4-5,8-10,13H2,1H3,(H,27,29). The second-order valence-corrected chi connectivity index (χ2v) is 8.57. The fourth-order valence-electron chi connectivity index (χ4n) is 4.26. The van der Waals surface area contributed by atoms with Crippen molar-refractivity contribution in [3.05, 3.63) is 59.7 Å². The summed E-state index contributed by atoms with van der Waals surface area (Å²) in [6, 6.07) is 8.93.